The van der Waals surface area contributed by atoms with E-state index in [0.29, 0.717) is 6.10 Å². The van der Waals surface area contributed by atoms with Gasteiger partial charge in [0.1, 0.15) is 0 Å². The molecule has 4 unspecified atom stereocenters. The van der Waals surface area contributed by atoms with Crippen molar-refractivity contribution in [2.75, 3.05) is 13.2 Å². The smallest absolute Gasteiger partial charge is 0.0547 e. The van der Waals surface area contributed by atoms with E-state index in [-0.39, 0.29) is 6.61 Å². The predicted octanol–water partition coefficient (Wildman–Crippen LogP) is 4.67. The third kappa shape index (κ3) is 9.46. The molecule has 0 amide bonds. The molecule has 1 saturated heterocycles. The Morgan fingerprint density at radius 1 is 1.00 bits per heavy atom. The van der Waals surface area contributed by atoms with Crippen molar-refractivity contribution < 1.29 is 20.4 Å². The van der Waals surface area contributed by atoms with Crippen molar-refractivity contribution in [1.82, 2.24) is 0 Å². The second kappa shape index (κ2) is 16.2. The van der Waals surface area contributed by atoms with Gasteiger partial charge in [-0.15, -0.1) is 0 Å². The summed E-state index contributed by atoms with van der Waals surface area (Å²) in [4.78, 5) is 0. The van der Waals surface area contributed by atoms with Crippen LogP contribution in [0.3, 0.4) is 0 Å². The summed E-state index contributed by atoms with van der Waals surface area (Å²) in [6.07, 6.45) is 8.97. The summed E-state index contributed by atoms with van der Waals surface area (Å²) in [6, 6.07) is 0. The normalized spacial score (nSPS) is 30.9. The molecule has 2 fully saturated rings. The van der Waals surface area contributed by atoms with Crippen LogP contribution in [0.15, 0.2) is 0 Å². The molecule has 0 aromatic rings. The minimum absolute atomic E-state index is 0.250. The maximum absolute atomic E-state index is 7.57. The van der Waals surface area contributed by atoms with Gasteiger partial charge in [-0.25, -0.2) is 0 Å². The summed E-state index contributed by atoms with van der Waals surface area (Å²) < 4.78 is 5.90. The van der Waals surface area contributed by atoms with Crippen LogP contribution < -0.4 is 0 Å². The molecule has 0 spiro atoms. The maximum Gasteiger partial charge on any atom is 0.0547 e. The third-order valence-corrected chi connectivity index (χ3v) is 4.40. The molecule has 1 saturated carbocycles. The van der Waals surface area contributed by atoms with Crippen molar-refractivity contribution in [3.8, 4) is 0 Å². The second-order valence-corrected chi connectivity index (χ2v) is 5.56. The molecule has 0 aromatic heterocycles. The van der Waals surface area contributed by atoms with Gasteiger partial charge >= 0.3 is 0 Å². The summed E-state index contributed by atoms with van der Waals surface area (Å²) >= 11 is 0. The van der Waals surface area contributed by atoms with E-state index in [1.54, 1.807) is 6.92 Å². The molecule has 3 N–H and O–H groups in total. The van der Waals surface area contributed by atoms with Crippen molar-refractivity contribution in [3.63, 3.8) is 0 Å². The SMILES string of the molecule is CC.CCC1CCCC2CCC(C)OCC12.CCO.OO. The maximum atomic E-state index is 7.57. The highest BCUT2D eigenvalue weighted by Gasteiger charge is 2.34. The van der Waals surface area contributed by atoms with Gasteiger partial charge in [-0.3, -0.25) is 10.5 Å². The summed E-state index contributed by atoms with van der Waals surface area (Å²) in [5, 5.41) is 19.6. The number of aliphatic hydroxyl groups excluding tert-OH is 1. The van der Waals surface area contributed by atoms with E-state index < -0.39 is 0 Å². The lowest BCUT2D eigenvalue weighted by Crippen LogP contribution is -2.30. The van der Waals surface area contributed by atoms with E-state index in [1.165, 1.54) is 38.5 Å². The first kappa shape index (κ1) is 23.1. The predicted molar refractivity (Wildman–Crippen MR) is 88.6 cm³/mol. The molecule has 1 aliphatic heterocycles. The Hall–Kier alpha value is -0.160. The quantitative estimate of drug-likeness (QED) is 0.486. The summed E-state index contributed by atoms with van der Waals surface area (Å²) in [6.45, 7) is 11.6. The molecular formula is C17H38O4. The van der Waals surface area contributed by atoms with Gasteiger partial charge in [0.05, 0.1) is 12.7 Å². The zero-order chi connectivity index (χ0) is 16.7. The fraction of sp³-hybridized carbons (Fsp3) is 1.00. The largest absolute Gasteiger partial charge is 0.397 e. The summed E-state index contributed by atoms with van der Waals surface area (Å²) in [5.41, 5.74) is 0. The Morgan fingerprint density at radius 2 is 1.57 bits per heavy atom. The zero-order valence-electron chi connectivity index (χ0n) is 14.7. The first-order valence-corrected chi connectivity index (χ1v) is 8.65. The Kier molecular flexibility index (Phi) is 17.8. The van der Waals surface area contributed by atoms with E-state index >= 15 is 0 Å². The molecule has 1 aliphatic carbocycles. The fourth-order valence-electron chi connectivity index (χ4n) is 3.40. The first-order chi connectivity index (χ1) is 10.2. The van der Waals surface area contributed by atoms with Crippen LogP contribution >= 0.6 is 0 Å². The van der Waals surface area contributed by atoms with Gasteiger partial charge in [-0.05, 0) is 44.4 Å². The Morgan fingerprint density at radius 3 is 2.10 bits per heavy atom. The van der Waals surface area contributed by atoms with E-state index in [2.05, 4.69) is 13.8 Å². The average Bonchev–Trinajstić information content (AvgIpc) is 2.74. The molecule has 4 nitrogen and oxygen atoms in total. The van der Waals surface area contributed by atoms with Crippen LogP contribution in [-0.2, 0) is 4.74 Å². The molecule has 2 rings (SSSR count). The molecule has 1 heterocycles. The van der Waals surface area contributed by atoms with Crippen molar-refractivity contribution >= 4 is 0 Å². The average molecular weight is 306 g/mol. The lowest BCUT2D eigenvalue weighted by Gasteiger charge is -2.36. The van der Waals surface area contributed by atoms with Crippen LogP contribution in [0.4, 0.5) is 0 Å². The van der Waals surface area contributed by atoms with Crippen molar-refractivity contribution in [1.29, 1.82) is 0 Å². The molecule has 4 heteroatoms. The molecule has 2 aliphatic rings. The van der Waals surface area contributed by atoms with Crippen molar-refractivity contribution in [3.05, 3.63) is 0 Å². The van der Waals surface area contributed by atoms with Crippen molar-refractivity contribution in [2.45, 2.75) is 79.2 Å². The van der Waals surface area contributed by atoms with Gasteiger partial charge in [0.25, 0.3) is 0 Å². The molecule has 4 atom stereocenters. The highest BCUT2D eigenvalue weighted by molar-refractivity contribution is 4.83. The number of rotatable bonds is 1. The van der Waals surface area contributed by atoms with Gasteiger partial charge in [0.15, 0.2) is 0 Å². The molecule has 0 bridgehead atoms. The number of aliphatic hydroxyl groups is 1. The van der Waals surface area contributed by atoms with Crippen LogP contribution in [-0.4, -0.2) is 34.9 Å². The van der Waals surface area contributed by atoms with Gasteiger partial charge in [-0.2, -0.15) is 0 Å². The van der Waals surface area contributed by atoms with Gasteiger partial charge in [-0.1, -0.05) is 46.5 Å². The van der Waals surface area contributed by atoms with Crippen molar-refractivity contribution in [2.24, 2.45) is 17.8 Å². The van der Waals surface area contributed by atoms with Gasteiger partial charge < -0.3 is 9.84 Å². The van der Waals surface area contributed by atoms with Crippen LogP contribution in [0.2, 0.25) is 0 Å². The number of hydrogen-bond acceptors (Lipinski definition) is 4. The monoisotopic (exact) mass is 306 g/mol. The fourth-order valence-corrected chi connectivity index (χ4v) is 3.40. The Labute approximate surface area is 131 Å². The van der Waals surface area contributed by atoms with Gasteiger partial charge in [0, 0.05) is 6.61 Å². The number of ether oxygens (including phenoxy) is 1. The molecule has 0 radical (unpaired) electrons. The number of fused-ring (bicyclic) bond motifs is 1. The van der Waals surface area contributed by atoms with E-state index in [9.17, 15) is 0 Å². The molecule has 21 heavy (non-hydrogen) atoms. The van der Waals surface area contributed by atoms with Crippen LogP contribution in [0.25, 0.3) is 0 Å². The second-order valence-electron chi connectivity index (χ2n) is 5.56. The molecule has 130 valence electrons. The lowest BCUT2D eigenvalue weighted by atomic mass is 9.70. The van der Waals surface area contributed by atoms with Crippen LogP contribution in [0.5, 0.6) is 0 Å². The summed E-state index contributed by atoms with van der Waals surface area (Å²) in [7, 11) is 0. The van der Waals surface area contributed by atoms with E-state index in [1.807, 2.05) is 13.8 Å². The molecular weight excluding hydrogens is 268 g/mol. The third-order valence-electron chi connectivity index (χ3n) is 4.40. The lowest BCUT2D eigenvalue weighted by molar-refractivity contribution is -0.176. The molecule has 0 aromatic carbocycles. The first-order valence-electron chi connectivity index (χ1n) is 8.65. The summed E-state index contributed by atoms with van der Waals surface area (Å²) in [5.74, 6) is 2.83. The van der Waals surface area contributed by atoms with E-state index in [0.717, 1.165) is 24.4 Å². The van der Waals surface area contributed by atoms with Crippen LogP contribution in [0.1, 0.15) is 73.1 Å². The topological polar surface area (TPSA) is 69.9 Å². The Balaban J connectivity index is 0. The highest BCUT2D eigenvalue weighted by Crippen LogP contribution is 2.41. The highest BCUT2D eigenvalue weighted by atomic mass is 17.0. The minimum Gasteiger partial charge on any atom is -0.397 e. The Bertz CT molecular complexity index is 199. The zero-order valence-corrected chi connectivity index (χ0v) is 14.7. The minimum atomic E-state index is 0.250. The number of hydrogen-bond donors (Lipinski definition) is 3. The van der Waals surface area contributed by atoms with Crippen LogP contribution in [0, 0.1) is 17.8 Å². The van der Waals surface area contributed by atoms with E-state index in [4.69, 9.17) is 20.4 Å². The standard InChI is InChI=1S/C13H24O.C2H6O.C2H6.H2O2/c1-3-11-5-4-6-12-8-7-10(2)14-9-13(11)12;1-2-3;2*1-2/h10-13H,3-9H2,1-2H3;3H,2H2,1H3;1-2H3;1-2H. The van der Waals surface area contributed by atoms with Gasteiger partial charge in [0.2, 0.25) is 0 Å².